The quantitative estimate of drug-likeness (QED) is 0.314. The van der Waals surface area contributed by atoms with E-state index in [9.17, 15) is 18.4 Å². The molecule has 130 valence electrons. The van der Waals surface area contributed by atoms with E-state index in [1.807, 2.05) is 0 Å². The average Bonchev–Trinajstić information content (AvgIpc) is 3.06. The molecule has 2 fully saturated rings. The van der Waals surface area contributed by atoms with Crippen molar-refractivity contribution in [3.8, 4) is 0 Å². The van der Waals surface area contributed by atoms with Crippen molar-refractivity contribution in [2.24, 2.45) is 11.8 Å². The molecular weight excluding hydrogens is 326 g/mol. The Bertz CT molecular complexity index is 509. The van der Waals surface area contributed by atoms with E-state index in [1.165, 1.54) is 6.92 Å². The third-order valence-electron chi connectivity index (χ3n) is 4.15. The number of rotatable bonds is 7. The number of carbonyl (C=O) groups is 2. The summed E-state index contributed by atoms with van der Waals surface area (Å²) in [6.45, 7) is 5.06. The first-order valence-corrected chi connectivity index (χ1v) is 8.42. The van der Waals surface area contributed by atoms with E-state index in [2.05, 4.69) is 11.9 Å². The standard InChI is InChI=1S/C14H21NO7S/c1-8(2)13(16)20-6-5-15-14(17)21-11-9-3-4-10(7-9)12(11)22-23(18)19/h9-12H,1,3-7H2,2H3,(H,15,17)(H,18,19)/p-1. The predicted molar refractivity (Wildman–Crippen MR) is 78.7 cm³/mol. The van der Waals surface area contributed by atoms with Crippen LogP contribution in [0.15, 0.2) is 12.2 Å². The second kappa shape index (κ2) is 7.89. The minimum absolute atomic E-state index is 0.00200. The van der Waals surface area contributed by atoms with Gasteiger partial charge in [-0.2, -0.15) is 0 Å². The molecule has 5 unspecified atom stereocenters. The van der Waals surface area contributed by atoms with Crippen LogP contribution in [0.1, 0.15) is 26.2 Å². The van der Waals surface area contributed by atoms with Crippen LogP contribution in [0.3, 0.4) is 0 Å². The number of nitrogens with one attached hydrogen (secondary N) is 1. The average molecular weight is 346 g/mol. The lowest BCUT2D eigenvalue weighted by atomic mass is 9.95. The minimum atomic E-state index is -2.64. The normalized spacial score (nSPS) is 29.8. The van der Waals surface area contributed by atoms with Crippen molar-refractivity contribution in [1.82, 2.24) is 5.32 Å². The minimum Gasteiger partial charge on any atom is -0.750 e. The highest BCUT2D eigenvalue weighted by molar-refractivity contribution is 7.74. The third-order valence-corrected chi connectivity index (χ3v) is 4.53. The van der Waals surface area contributed by atoms with Gasteiger partial charge < -0.3 is 19.3 Å². The lowest BCUT2D eigenvalue weighted by molar-refractivity contribution is -0.138. The summed E-state index contributed by atoms with van der Waals surface area (Å²) in [5.74, 6) is -0.299. The second-order valence-electron chi connectivity index (χ2n) is 5.81. The summed E-state index contributed by atoms with van der Waals surface area (Å²) in [4.78, 5) is 22.9. The van der Waals surface area contributed by atoms with Gasteiger partial charge in [0.2, 0.25) is 0 Å². The van der Waals surface area contributed by atoms with Gasteiger partial charge in [-0.25, -0.2) is 13.8 Å². The van der Waals surface area contributed by atoms with Crippen LogP contribution in [0.4, 0.5) is 4.79 Å². The van der Waals surface area contributed by atoms with Gasteiger partial charge in [0.1, 0.15) is 18.8 Å². The molecule has 9 heteroatoms. The number of esters is 1. The first kappa shape index (κ1) is 17.9. The fourth-order valence-corrected chi connectivity index (χ4v) is 3.61. The molecule has 5 atom stereocenters. The zero-order valence-electron chi connectivity index (χ0n) is 12.8. The first-order chi connectivity index (χ1) is 10.9. The van der Waals surface area contributed by atoms with E-state index in [0.29, 0.717) is 0 Å². The molecule has 1 amide bonds. The van der Waals surface area contributed by atoms with Crippen molar-refractivity contribution in [1.29, 1.82) is 0 Å². The first-order valence-electron chi connectivity index (χ1n) is 7.42. The fraction of sp³-hybridized carbons (Fsp3) is 0.714. The lowest BCUT2D eigenvalue weighted by Crippen LogP contribution is -2.42. The molecule has 0 saturated heterocycles. The second-order valence-corrected chi connectivity index (χ2v) is 6.41. The number of carbonyl (C=O) groups excluding carboxylic acids is 2. The van der Waals surface area contributed by atoms with Crippen LogP contribution in [0, 0.1) is 11.8 Å². The summed E-state index contributed by atoms with van der Waals surface area (Å²) in [7, 11) is 0. The van der Waals surface area contributed by atoms with E-state index in [-0.39, 0.29) is 30.6 Å². The predicted octanol–water partition coefficient (Wildman–Crippen LogP) is 0.810. The van der Waals surface area contributed by atoms with E-state index >= 15 is 0 Å². The Morgan fingerprint density at radius 2 is 1.96 bits per heavy atom. The third kappa shape index (κ3) is 4.76. The maximum atomic E-state index is 11.8. The summed E-state index contributed by atoms with van der Waals surface area (Å²) in [6.07, 6.45) is 0.716. The molecule has 2 bridgehead atoms. The van der Waals surface area contributed by atoms with Gasteiger partial charge in [0.15, 0.2) is 0 Å². The molecule has 8 nitrogen and oxygen atoms in total. The molecule has 23 heavy (non-hydrogen) atoms. The largest absolute Gasteiger partial charge is 0.750 e. The van der Waals surface area contributed by atoms with Gasteiger partial charge >= 0.3 is 12.1 Å². The summed E-state index contributed by atoms with van der Waals surface area (Å²) < 4.78 is 36.5. The Morgan fingerprint density at radius 3 is 2.57 bits per heavy atom. The maximum absolute atomic E-state index is 11.8. The molecule has 0 aliphatic heterocycles. The van der Waals surface area contributed by atoms with Gasteiger partial charge in [-0.1, -0.05) is 6.58 Å². The van der Waals surface area contributed by atoms with Crippen LogP contribution >= 0.6 is 0 Å². The van der Waals surface area contributed by atoms with Crippen LogP contribution in [-0.4, -0.2) is 46.2 Å². The van der Waals surface area contributed by atoms with Gasteiger partial charge in [0.25, 0.3) is 0 Å². The molecule has 0 aromatic carbocycles. The monoisotopic (exact) mass is 346 g/mol. The summed E-state index contributed by atoms with van der Waals surface area (Å²) >= 11 is -2.64. The van der Waals surface area contributed by atoms with Crippen LogP contribution in [-0.2, 0) is 29.8 Å². The molecule has 2 aliphatic rings. The van der Waals surface area contributed by atoms with Gasteiger partial charge in [0.05, 0.1) is 17.9 Å². The Morgan fingerprint density at radius 1 is 1.30 bits per heavy atom. The Hall–Kier alpha value is -1.45. The van der Waals surface area contributed by atoms with Crippen LogP contribution in [0.25, 0.3) is 0 Å². The van der Waals surface area contributed by atoms with Gasteiger partial charge in [0, 0.05) is 5.57 Å². The molecule has 0 spiro atoms. The van der Waals surface area contributed by atoms with Crippen LogP contribution in [0.2, 0.25) is 0 Å². The summed E-state index contributed by atoms with van der Waals surface area (Å²) in [6, 6.07) is 0. The number of alkyl carbamates (subject to hydrolysis) is 1. The van der Waals surface area contributed by atoms with Crippen molar-refractivity contribution in [2.45, 2.75) is 38.4 Å². The van der Waals surface area contributed by atoms with Crippen molar-refractivity contribution in [3.05, 3.63) is 12.2 Å². The van der Waals surface area contributed by atoms with Crippen molar-refractivity contribution < 1.29 is 32.0 Å². The van der Waals surface area contributed by atoms with Gasteiger partial charge in [-0.05, 0) is 38.0 Å². The zero-order valence-corrected chi connectivity index (χ0v) is 13.6. The van der Waals surface area contributed by atoms with Crippen LogP contribution in [0.5, 0.6) is 0 Å². The Kier molecular flexibility index (Phi) is 6.14. The molecule has 2 rings (SSSR count). The topological polar surface area (TPSA) is 114 Å². The molecule has 0 heterocycles. The van der Waals surface area contributed by atoms with Crippen molar-refractivity contribution in [2.75, 3.05) is 13.2 Å². The molecule has 1 N–H and O–H groups in total. The maximum Gasteiger partial charge on any atom is 0.407 e. The zero-order chi connectivity index (χ0) is 17.0. The smallest absolute Gasteiger partial charge is 0.407 e. The Labute approximate surface area is 137 Å². The highest BCUT2D eigenvalue weighted by Crippen LogP contribution is 2.47. The number of hydrogen-bond acceptors (Lipinski definition) is 7. The number of ether oxygens (including phenoxy) is 2. The summed E-state index contributed by atoms with van der Waals surface area (Å²) in [5, 5.41) is 2.46. The summed E-state index contributed by atoms with van der Waals surface area (Å²) in [5.41, 5.74) is 0.278. The molecule has 0 aromatic rings. The highest BCUT2D eigenvalue weighted by Gasteiger charge is 2.51. The van der Waals surface area contributed by atoms with E-state index in [4.69, 9.17) is 13.7 Å². The van der Waals surface area contributed by atoms with E-state index in [0.717, 1.165) is 19.3 Å². The van der Waals surface area contributed by atoms with E-state index < -0.39 is 35.6 Å². The molecule has 2 saturated carbocycles. The highest BCUT2D eigenvalue weighted by atomic mass is 32.2. The molecule has 0 radical (unpaired) electrons. The SMILES string of the molecule is C=C(C)C(=O)OCCNC(=O)OC1C2CCC(C2)C1OS(=O)[O-]. The molecule has 2 aliphatic carbocycles. The lowest BCUT2D eigenvalue weighted by Gasteiger charge is -2.30. The van der Waals surface area contributed by atoms with Crippen LogP contribution < -0.4 is 5.32 Å². The number of fused-ring (bicyclic) bond motifs is 2. The molecule has 0 aromatic heterocycles. The van der Waals surface area contributed by atoms with Crippen molar-refractivity contribution in [3.63, 3.8) is 0 Å². The Balaban J connectivity index is 1.74. The number of hydrogen-bond donors (Lipinski definition) is 1. The fourth-order valence-electron chi connectivity index (χ4n) is 3.16. The van der Waals surface area contributed by atoms with Crippen molar-refractivity contribution >= 4 is 23.4 Å². The van der Waals surface area contributed by atoms with Gasteiger partial charge in [-0.15, -0.1) is 0 Å². The van der Waals surface area contributed by atoms with E-state index in [1.54, 1.807) is 0 Å². The van der Waals surface area contributed by atoms with Gasteiger partial charge in [-0.3, -0.25) is 4.18 Å². The number of amides is 1. The molecular formula is C14H20NO7S-.